The van der Waals surface area contributed by atoms with Crippen LogP contribution in [0.3, 0.4) is 0 Å². The Morgan fingerprint density at radius 1 is 1.20 bits per heavy atom. The summed E-state index contributed by atoms with van der Waals surface area (Å²) in [5, 5.41) is 22.5. The van der Waals surface area contributed by atoms with Crippen molar-refractivity contribution in [3.63, 3.8) is 0 Å². The van der Waals surface area contributed by atoms with Crippen molar-refractivity contribution in [3.05, 3.63) is 57.2 Å². The number of rotatable bonds is 3. The Hall–Kier alpha value is -2.09. The summed E-state index contributed by atoms with van der Waals surface area (Å²) in [5.41, 5.74) is 3.30. The molecular weight excluding hydrogens is 371 g/mol. The molecule has 0 heterocycles. The van der Waals surface area contributed by atoms with Gasteiger partial charge in [0.1, 0.15) is 11.5 Å². The van der Waals surface area contributed by atoms with Gasteiger partial charge in [-0.05, 0) is 46.9 Å². The van der Waals surface area contributed by atoms with E-state index in [0.29, 0.717) is 11.1 Å². The average Bonchev–Trinajstić information content (AvgIpc) is 2.41. The summed E-state index contributed by atoms with van der Waals surface area (Å²) in [4.78, 5) is 11.9. The molecule has 6 heteroatoms. The van der Waals surface area contributed by atoms with Crippen molar-refractivity contribution in [2.45, 2.75) is 0 Å². The molecule has 20 heavy (non-hydrogen) atoms. The van der Waals surface area contributed by atoms with Crippen LogP contribution in [0.4, 0.5) is 0 Å². The topological polar surface area (TPSA) is 81.9 Å². The molecule has 2 aromatic rings. The van der Waals surface area contributed by atoms with Crippen LogP contribution in [0.5, 0.6) is 11.5 Å². The molecule has 0 aliphatic carbocycles. The highest BCUT2D eigenvalue weighted by atomic mass is 127. The fourth-order valence-electron chi connectivity index (χ4n) is 1.51. The molecule has 0 aromatic heterocycles. The molecule has 0 saturated carbocycles. The number of carbonyl (C=O) groups excluding carboxylic acids is 1. The van der Waals surface area contributed by atoms with Gasteiger partial charge in [-0.1, -0.05) is 12.1 Å². The highest BCUT2D eigenvalue weighted by molar-refractivity contribution is 14.1. The zero-order chi connectivity index (χ0) is 14.5. The van der Waals surface area contributed by atoms with E-state index in [1.165, 1.54) is 24.4 Å². The molecule has 1 amide bonds. The van der Waals surface area contributed by atoms with E-state index in [4.69, 9.17) is 5.11 Å². The molecule has 0 bridgehead atoms. The van der Waals surface area contributed by atoms with E-state index in [-0.39, 0.29) is 17.4 Å². The standard InChI is InChI=1S/C14H11IN2O3/c15-12-4-2-1-3-11(12)14(20)17-16-8-9-5-6-10(18)7-13(9)19/h1-8,18-19H,(H,17,20). The van der Waals surface area contributed by atoms with Crippen LogP contribution in [-0.2, 0) is 0 Å². The summed E-state index contributed by atoms with van der Waals surface area (Å²) < 4.78 is 0.824. The summed E-state index contributed by atoms with van der Waals surface area (Å²) in [6.45, 7) is 0. The first kappa shape index (κ1) is 14.3. The van der Waals surface area contributed by atoms with Crippen LogP contribution in [-0.4, -0.2) is 22.3 Å². The molecule has 0 fully saturated rings. The van der Waals surface area contributed by atoms with E-state index in [2.05, 4.69) is 33.1 Å². The van der Waals surface area contributed by atoms with Crippen LogP contribution in [0.2, 0.25) is 0 Å². The number of hydrogen-bond acceptors (Lipinski definition) is 4. The molecule has 0 saturated heterocycles. The Bertz CT molecular complexity index is 671. The van der Waals surface area contributed by atoms with E-state index >= 15 is 0 Å². The molecule has 102 valence electrons. The van der Waals surface area contributed by atoms with E-state index < -0.39 is 0 Å². The van der Waals surface area contributed by atoms with Crippen LogP contribution < -0.4 is 5.43 Å². The molecule has 5 nitrogen and oxygen atoms in total. The van der Waals surface area contributed by atoms with Gasteiger partial charge < -0.3 is 10.2 Å². The molecule has 0 spiro atoms. The normalized spacial score (nSPS) is 10.7. The largest absolute Gasteiger partial charge is 0.508 e. The van der Waals surface area contributed by atoms with Gasteiger partial charge in [0.2, 0.25) is 0 Å². The number of phenolic OH excluding ortho intramolecular Hbond substituents is 2. The smallest absolute Gasteiger partial charge is 0.272 e. The molecule has 2 aromatic carbocycles. The Kier molecular flexibility index (Phi) is 4.57. The zero-order valence-electron chi connectivity index (χ0n) is 10.2. The van der Waals surface area contributed by atoms with Crippen LogP contribution in [0, 0.1) is 3.57 Å². The van der Waals surface area contributed by atoms with E-state index in [1.807, 2.05) is 12.1 Å². The number of amides is 1. The Labute approximate surface area is 129 Å². The quantitative estimate of drug-likeness (QED) is 0.434. The molecule has 2 rings (SSSR count). The van der Waals surface area contributed by atoms with Crippen LogP contribution >= 0.6 is 22.6 Å². The molecule has 0 aliphatic rings. The molecular formula is C14H11IN2O3. The Morgan fingerprint density at radius 3 is 2.65 bits per heavy atom. The lowest BCUT2D eigenvalue weighted by molar-refractivity contribution is 0.0954. The molecule has 0 unspecified atom stereocenters. The third-order valence-electron chi connectivity index (χ3n) is 2.50. The van der Waals surface area contributed by atoms with Crippen LogP contribution in [0.1, 0.15) is 15.9 Å². The van der Waals surface area contributed by atoms with Gasteiger partial charge in [0.05, 0.1) is 11.8 Å². The summed E-state index contributed by atoms with van der Waals surface area (Å²) in [6, 6.07) is 11.2. The van der Waals surface area contributed by atoms with Crippen molar-refractivity contribution in [2.24, 2.45) is 5.10 Å². The first-order valence-corrected chi connectivity index (χ1v) is 6.75. The third kappa shape index (κ3) is 3.47. The third-order valence-corrected chi connectivity index (χ3v) is 3.44. The number of aromatic hydroxyl groups is 2. The second-order valence-electron chi connectivity index (χ2n) is 3.92. The number of halogens is 1. The number of nitrogens with one attached hydrogen (secondary N) is 1. The maximum Gasteiger partial charge on any atom is 0.272 e. The van der Waals surface area contributed by atoms with E-state index in [0.717, 1.165) is 3.57 Å². The minimum absolute atomic E-state index is 0.0393. The molecule has 0 aliphatic heterocycles. The average molecular weight is 382 g/mol. The van der Waals surface area contributed by atoms with Gasteiger partial charge in [-0.25, -0.2) is 5.43 Å². The van der Waals surface area contributed by atoms with Gasteiger partial charge in [-0.15, -0.1) is 0 Å². The highest BCUT2D eigenvalue weighted by Gasteiger charge is 2.07. The maximum atomic E-state index is 11.9. The summed E-state index contributed by atoms with van der Waals surface area (Å²) >= 11 is 2.07. The Morgan fingerprint density at radius 2 is 1.95 bits per heavy atom. The van der Waals surface area contributed by atoms with Crippen LogP contribution in [0.15, 0.2) is 47.6 Å². The lowest BCUT2D eigenvalue weighted by atomic mass is 10.2. The maximum absolute atomic E-state index is 11.9. The van der Waals surface area contributed by atoms with Crippen molar-refractivity contribution in [3.8, 4) is 11.5 Å². The van der Waals surface area contributed by atoms with Crippen molar-refractivity contribution in [2.75, 3.05) is 0 Å². The number of phenols is 2. The van der Waals surface area contributed by atoms with E-state index in [1.54, 1.807) is 12.1 Å². The lowest BCUT2D eigenvalue weighted by Crippen LogP contribution is -2.18. The SMILES string of the molecule is O=C(NN=Cc1ccc(O)cc1O)c1ccccc1I. The molecule has 0 atom stereocenters. The van der Waals surface area contributed by atoms with Gasteiger partial charge in [0.25, 0.3) is 5.91 Å². The molecule has 3 N–H and O–H groups in total. The number of carbonyl (C=O) groups is 1. The van der Waals surface area contributed by atoms with Crippen molar-refractivity contribution < 1.29 is 15.0 Å². The molecule has 0 radical (unpaired) electrons. The first-order valence-electron chi connectivity index (χ1n) is 5.68. The highest BCUT2D eigenvalue weighted by Crippen LogP contribution is 2.20. The number of hydrazone groups is 1. The summed E-state index contributed by atoms with van der Waals surface area (Å²) in [6.07, 6.45) is 1.31. The van der Waals surface area contributed by atoms with Gasteiger partial charge >= 0.3 is 0 Å². The van der Waals surface area contributed by atoms with Gasteiger partial charge in [0, 0.05) is 15.2 Å². The fourth-order valence-corrected chi connectivity index (χ4v) is 2.14. The first-order chi connectivity index (χ1) is 9.58. The lowest BCUT2D eigenvalue weighted by Gasteiger charge is -2.02. The minimum Gasteiger partial charge on any atom is -0.508 e. The number of benzene rings is 2. The summed E-state index contributed by atoms with van der Waals surface area (Å²) in [5.74, 6) is -0.482. The predicted molar refractivity (Wildman–Crippen MR) is 84.0 cm³/mol. The predicted octanol–water partition coefficient (Wildman–Crippen LogP) is 2.47. The van der Waals surface area contributed by atoms with E-state index in [9.17, 15) is 9.90 Å². The zero-order valence-corrected chi connectivity index (χ0v) is 12.4. The summed E-state index contributed by atoms with van der Waals surface area (Å²) in [7, 11) is 0. The number of hydrogen-bond donors (Lipinski definition) is 3. The van der Waals surface area contributed by atoms with Crippen molar-refractivity contribution in [1.82, 2.24) is 5.43 Å². The van der Waals surface area contributed by atoms with Gasteiger partial charge in [0.15, 0.2) is 0 Å². The number of nitrogens with zero attached hydrogens (tertiary/aromatic N) is 1. The van der Waals surface area contributed by atoms with Crippen molar-refractivity contribution >= 4 is 34.7 Å². The Balaban J connectivity index is 2.07. The van der Waals surface area contributed by atoms with Gasteiger partial charge in [-0.2, -0.15) is 5.10 Å². The van der Waals surface area contributed by atoms with Crippen LogP contribution in [0.25, 0.3) is 0 Å². The second kappa shape index (κ2) is 6.38. The minimum atomic E-state index is -0.329. The van der Waals surface area contributed by atoms with Crippen molar-refractivity contribution in [1.29, 1.82) is 0 Å². The van der Waals surface area contributed by atoms with Gasteiger partial charge in [-0.3, -0.25) is 4.79 Å². The fraction of sp³-hybridized carbons (Fsp3) is 0. The second-order valence-corrected chi connectivity index (χ2v) is 5.08. The monoisotopic (exact) mass is 382 g/mol.